The third kappa shape index (κ3) is 7.01. The van der Waals surface area contributed by atoms with E-state index in [4.69, 9.17) is 4.74 Å². The summed E-state index contributed by atoms with van der Waals surface area (Å²) in [5, 5.41) is 11.7. The molecule has 0 bridgehead atoms. The van der Waals surface area contributed by atoms with E-state index in [-0.39, 0.29) is 23.0 Å². The maximum absolute atomic E-state index is 10.6. The van der Waals surface area contributed by atoms with E-state index in [1.165, 1.54) is 36.9 Å². The molecule has 2 heterocycles. The highest BCUT2D eigenvalue weighted by molar-refractivity contribution is 7.12. The van der Waals surface area contributed by atoms with Gasteiger partial charge in [0.1, 0.15) is 25.5 Å². The Morgan fingerprint density at radius 2 is 2.00 bits per heavy atom. The molecule has 3 aromatic rings. The monoisotopic (exact) mass is 478 g/mol. The first kappa shape index (κ1) is 23.2. The minimum Gasteiger partial charge on any atom is -1.00 e. The van der Waals surface area contributed by atoms with Crippen molar-refractivity contribution in [1.29, 1.82) is 0 Å². The quantitative estimate of drug-likeness (QED) is 0.427. The molecule has 0 saturated heterocycles. The SMILES string of the molecule is CC(=O)OCCn1cc[n+](CC2CC2)c1C.Oc1sccc1-c1ccccc1.[Br-]. The van der Waals surface area contributed by atoms with Crippen molar-refractivity contribution in [2.45, 2.75) is 39.8 Å². The molecule has 0 atom stereocenters. The van der Waals surface area contributed by atoms with E-state index >= 15 is 0 Å². The van der Waals surface area contributed by atoms with Crippen molar-refractivity contribution in [1.82, 2.24) is 4.57 Å². The number of esters is 1. The Kier molecular flexibility index (Phi) is 8.92. The minimum absolute atomic E-state index is 0. The first-order valence-corrected chi connectivity index (χ1v) is 10.4. The third-order valence-corrected chi connectivity index (χ3v) is 5.49. The van der Waals surface area contributed by atoms with Crippen LogP contribution >= 0.6 is 11.3 Å². The highest BCUT2D eigenvalue weighted by atomic mass is 79.9. The maximum atomic E-state index is 10.6. The third-order valence-electron chi connectivity index (χ3n) is 4.78. The van der Waals surface area contributed by atoms with E-state index in [0.29, 0.717) is 11.7 Å². The minimum atomic E-state index is -0.212. The van der Waals surface area contributed by atoms with Crippen LogP contribution in [0.5, 0.6) is 5.06 Å². The van der Waals surface area contributed by atoms with Gasteiger partial charge in [-0.1, -0.05) is 30.3 Å². The van der Waals surface area contributed by atoms with E-state index in [9.17, 15) is 9.90 Å². The lowest BCUT2D eigenvalue weighted by Crippen LogP contribution is -3.00. The van der Waals surface area contributed by atoms with Crippen molar-refractivity contribution >= 4 is 17.3 Å². The van der Waals surface area contributed by atoms with Gasteiger partial charge in [-0.05, 0) is 35.8 Å². The van der Waals surface area contributed by atoms with Crippen LogP contribution in [0, 0.1) is 12.8 Å². The number of halogens is 1. The highest BCUT2D eigenvalue weighted by Gasteiger charge is 2.25. The predicted octanol–water partition coefficient (Wildman–Crippen LogP) is 1.18. The van der Waals surface area contributed by atoms with Crippen LogP contribution < -0.4 is 21.5 Å². The van der Waals surface area contributed by atoms with Crippen LogP contribution in [0.2, 0.25) is 0 Å². The molecule has 2 aromatic heterocycles. The van der Waals surface area contributed by atoms with Gasteiger partial charge in [0, 0.05) is 19.4 Å². The van der Waals surface area contributed by atoms with E-state index in [1.54, 1.807) is 0 Å². The van der Waals surface area contributed by atoms with Gasteiger partial charge in [0.25, 0.3) is 5.82 Å². The standard InChI is InChI=1S/C12H19N2O2.C10H8OS.BrH/c1-10-13(7-8-16-11(2)15)5-6-14(10)9-12-3-4-12;11-10-9(6-7-12-10)8-4-2-1-3-5-8;/h5-6,12H,3-4,7-9H2,1-2H3;1-7,11H;1H/q+1;;/p-1. The first-order chi connectivity index (χ1) is 13.5. The van der Waals surface area contributed by atoms with Crippen LogP contribution in [-0.4, -0.2) is 22.2 Å². The van der Waals surface area contributed by atoms with Crippen LogP contribution in [0.15, 0.2) is 54.2 Å². The molecule has 4 rings (SSSR count). The average molecular weight is 479 g/mol. The smallest absolute Gasteiger partial charge is 0.302 e. The van der Waals surface area contributed by atoms with Gasteiger partial charge in [0.2, 0.25) is 0 Å². The lowest BCUT2D eigenvalue weighted by atomic mass is 10.1. The predicted molar refractivity (Wildman–Crippen MR) is 110 cm³/mol. The number of carbonyl (C=O) groups is 1. The summed E-state index contributed by atoms with van der Waals surface area (Å²) in [6.07, 6.45) is 6.90. The normalized spacial score (nSPS) is 12.5. The van der Waals surface area contributed by atoms with Gasteiger partial charge < -0.3 is 26.8 Å². The zero-order chi connectivity index (χ0) is 19.9. The molecule has 1 aliphatic rings. The summed E-state index contributed by atoms with van der Waals surface area (Å²) in [5.41, 5.74) is 1.98. The molecule has 1 fully saturated rings. The summed E-state index contributed by atoms with van der Waals surface area (Å²) in [7, 11) is 0. The molecule has 1 saturated carbocycles. The van der Waals surface area contributed by atoms with Crippen molar-refractivity contribution in [2.24, 2.45) is 5.92 Å². The van der Waals surface area contributed by atoms with Gasteiger partial charge in [-0.2, -0.15) is 0 Å². The second kappa shape index (κ2) is 11.2. The van der Waals surface area contributed by atoms with Crippen LogP contribution in [0.4, 0.5) is 0 Å². The van der Waals surface area contributed by atoms with Crippen LogP contribution in [0.1, 0.15) is 25.6 Å². The molecule has 0 radical (unpaired) electrons. The Labute approximate surface area is 186 Å². The van der Waals surface area contributed by atoms with Gasteiger partial charge in [-0.3, -0.25) is 4.79 Å². The Balaban J connectivity index is 0.000000207. The molecule has 0 amide bonds. The average Bonchev–Trinajstić information content (AvgIpc) is 3.31. The van der Waals surface area contributed by atoms with Gasteiger partial charge in [0.15, 0.2) is 5.06 Å². The molecule has 156 valence electrons. The van der Waals surface area contributed by atoms with Gasteiger partial charge in [-0.25, -0.2) is 9.13 Å². The lowest BCUT2D eigenvalue weighted by molar-refractivity contribution is -0.705. The highest BCUT2D eigenvalue weighted by Crippen LogP contribution is 2.33. The second-order valence-electron chi connectivity index (χ2n) is 6.98. The van der Waals surface area contributed by atoms with Crippen LogP contribution in [0.25, 0.3) is 11.1 Å². The summed E-state index contributed by atoms with van der Waals surface area (Å²) in [5.74, 6) is 1.91. The van der Waals surface area contributed by atoms with Crippen molar-refractivity contribution < 1.29 is 36.2 Å². The molecule has 7 heteroatoms. The first-order valence-electron chi connectivity index (χ1n) is 9.55. The van der Waals surface area contributed by atoms with E-state index in [1.807, 2.05) is 41.8 Å². The van der Waals surface area contributed by atoms with Crippen molar-refractivity contribution in [3.8, 4) is 16.2 Å². The fourth-order valence-electron chi connectivity index (χ4n) is 2.98. The molecule has 29 heavy (non-hydrogen) atoms. The summed E-state index contributed by atoms with van der Waals surface area (Å²) >= 11 is 1.35. The molecule has 5 nitrogen and oxygen atoms in total. The largest absolute Gasteiger partial charge is 1.00 e. The fourth-order valence-corrected chi connectivity index (χ4v) is 3.62. The van der Waals surface area contributed by atoms with Gasteiger partial charge >= 0.3 is 5.97 Å². The number of aromatic nitrogens is 2. The zero-order valence-corrected chi connectivity index (χ0v) is 19.2. The lowest BCUT2D eigenvalue weighted by Gasteiger charge is -2.01. The van der Waals surface area contributed by atoms with Crippen molar-refractivity contribution in [3.63, 3.8) is 0 Å². The van der Waals surface area contributed by atoms with Crippen molar-refractivity contribution in [2.75, 3.05) is 6.61 Å². The number of thiophene rings is 1. The maximum Gasteiger partial charge on any atom is 0.302 e. The number of hydrogen-bond donors (Lipinski definition) is 1. The van der Waals surface area contributed by atoms with Crippen LogP contribution in [-0.2, 0) is 22.6 Å². The topological polar surface area (TPSA) is 55.3 Å². The Hall–Kier alpha value is -2.12. The Morgan fingerprint density at radius 1 is 1.28 bits per heavy atom. The molecular weight excluding hydrogens is 452 g/mol. The summed E-state index contributed by atoms with van der Waals surface area (Å²) < 4.78 is 9.35. The summed E-state index contributed by atoms with van der Waals surface area (Å²) in [6, 6.07) is 11.8. The molecule has 1 aliphatic carbocycles. The number of ether oxygens (including phenoxy) is 1. The summed E-state index contributed by atoms with van der Waals surface area (Å²) in [6.45, 7) is 5.87. The summed E-state index contributed by atoms with van der Waals surface area (Å²) in [4.78, 5) is 10.6. The van der Waals surface area contributed by atoms with Crippen LogP contribution in [0.3, 0.4) is 0 Å². The zero-order valence-electron chi connectivity index (χ0n) is 16.8. The van der Waals surface area contributed by atoms with E-state index in [0.717, 1.165) is 30.1 Å². The number of aromatic hydroxyl groups is 1. The number of imidazole rings is 1. The number of hydrogen-bond acceptors (Lipinski definition) is 4. The molecule has 1 aromatic carbocycles. The number of benzene rings is 1. The van der Waals surface area contributed by atoms with E-state index in [2.05, 4.69) is 28.5 Å². The fraction of sp³-hybridized carbons (Fsp3) is 0.364. The molecule has 1 N–H and O–H groups in total. The van der Waals surface area contributed by atoms with E-state index < -0.39 is 0 Å². The number of rotatable bonds is 6. The molecular formula is C22H27BrN2O3S. The van der Waals surface area contributed by atoms with Gasteiger partial charge in [-0.15, -0.1) is 11.3 Å². The molecule has 0 unspecified atom stereocenters. The molecule has 0 aliphatic heterocycles. The van der Waals surface area contributed by atoms with Crippen molar-refractivity contribution in [3.05, 3.63) is 60.0 Å². The second-order valence-corrected chi connectivity index (χ2v) is 7.87. The molecule has 0 spiro atoms. The van der Waals surface area contributed by atoms with Gasteiger partial charge in [0.05, 0.1) is 6.54 Å². The Morgan fingerprint density at radius 3 is 2.59 bits per heavy atom. The number of carbonyl (C=O) groups excluding carboxylic acids is 1. The number of nitrogens with zero attached hydrogens (tertiary/aromatic N) is 2. The Bertz CT molecular complexity index is 904.